The van der Waals surface area contributed by atoms with Gasteiger partial charge in [-0.3, -0.25) is 0 Å². The Labute approximate surface area is 156 Å². The fraction of sp³-hybridized carbons (Fsp3) is 0.188. The molecule has 1 aliphatic rings. The van der Waals surface area contributed by atoms with Crippen LogP contribution in [0.2, 0.25) is 5.02 Å². The zero-order chi connectivity index (χ0) is 16.7. The molecule has 24 heavy (non-hydrogen) atoms. The highest BCUT2D eigenvalue weighted by molar-refractivity contribution is 14.1. The second-order valence-corrected chi connectivity index (χ2v) is 7.24. The fourth-order valence-electron chi connectivity index (χ4n) is 3.02. The molecule has 2 heterocycles. The van der Waals surface area contributed by atoms with Crippen molar-refractivity contribution in [2.24, 2.45) is 0 Å². The number of nitrogens with zero attached hydrogens (tertiary/aromatic N) is 4. The van der Waals surface area contributed by atoms with Gasteiger partial charge in [0.15, 0.2) is 0 Å². The monoisotopic (exact) mass is 455 g/mol. The molecule has 0 bridgehead atoms. The first kappa shape index (κ1) is 15.8. The van der Waals surface area contributed by atoms with Crippen LogP contribution in [0.25, 0.3) is 0 Å². The molecule has 0 amide bonds. The van der Waals surface area contributed by atoms with Crippen molar-refractivity contribution in [3.8, 4) is 0 Å². The normalized spacial score (nSPS) is 19.6. The minimum Gasteiger partial charge on any atom is -0.346 e. The Hall–Kier alpha value is -1.74. The van der Waals surface area contributed by atoms with Gasteiger partial charge < -0.3 is 5.32 Å². The third kappa shape index (κ3) is 2.75. The number of benzene rings is 2. The van der Waals surface area contributed by atoms with Gasteiger partial charge in [-0.1, -0.05) is 34.9 Å². The van der Waals surface area contributed by atoms with Crippen LogP contribution < -0.4 is 5.32 Å². The van der Waals surface area contributed by atoms with Crippen molar-refractivity contribution in [3.05, 3.63) is 68.0 Å². The second kappa shape index (κ2) is 6.29. The Bertz CT molecular complexity index is 862. The van der Waals surface area contributed by atoms with E-state index in [1.165, 1.54) is 6.07 Å². The summed E-state index contributed by atoms with van der Waals surface area (Å²) in [5.41, 5.74) is 1.52. The average Bonchev–Trinajstić information content (AvgIpc) is 3.04. The zero-order valence-electron chi connectivity index (χ0n) is 12.3. The second-order valence-electron chi connectivity index (χ2n) is 5.58. The first-order chi connectivity index (χ1) is 11.6. The molecule has 2 atom stereocenters. The Kier molecular flexibility index (Phi) is 4.13. The van der Waals surface area contributed by atoms with E-state index in [2.05, 4.69) is 55.6 Å². The number of anilines is 1. The highest BCUT2D eigenvalue weighted by atomic mass is 127. The summed E-state index contributed by atoms with van der Waals surface area (Å²) >= 11 is 8.53. The summed E-state index contributed by atoms with van der Waals surface area (Å²) in [6.45, 7) is 0. The van der Waals surface area contributed by atoms with E-state index < -0.39 is 0 Å². The van der Waals surface area contributed by atoms with Crippen LogP contribution >= 0.6 is 34.2 Å². The van der Waals surface area contributed by atoms with Gasteiger partial charge in [0.2, 0.25) is 5.95 Å². The van der Waals surface area contributed by atoms with Crippen molar-refractivity contribution in [2.45, 2.75) is 18.5 Å². The molecule has 0 spiro atoms. The van der Waals surface area contributed by atoms with E-state index in [1.54, 1.807) is 16.8 Å². The van der Waals surface area contributed by atoms with Gasteiger partial charge in [0.25, 0.3) is 0 Å². The molecule has 0 radical (unpaired) electrons. The topological polar surface area (TPSA) is 55.6 Å². The molecule has 3 aromatic rings. The Morgan fingerprint density at radius 2 is 2.00 bits per heavy atom. The highest BCUT2D eigenvalue weighted by Crippen LogP contribution is 2.40. The molecule has 122 valence electrons. The molecule has 2 aromatic carbocycles. The van der Waals surface area contributed by atoms with Crippen molar-refractivity contribution >= 4 is 40.1 Å². The van der Waals surface area contributed by atoms with E-state index >= 15 is 0 Å². The van der Waals surface area contributed by atoms with E-state index in [4.69, 9.17) is 11.6 Å². The van der Waals surface area contributed by atoms with Crippen molar-refractivity contribution < 1.29 is 4.39 Å². The van der Waals surface area contributed by atoms with Crippen LogP contribution in [0.4, 0.5) is 10.3 Å². The molecule has 2 unspecified atom stereocenters. The van der Waals surface area contributed by atoms with Gasteiger partial charge in [-0.25, -0.2) is 9.07 Å². The number of hydrogen-bond donors (Lipinski definition) is 1. The fourth-order valence-corrected chi connectivity index (χ4v) is 3.67. The lowest BCUT2D eigenvalue weighted by Crippen LogP contribution is -2.28. The molecule has 8 heteroatoms. The summed E-state index contributed by atoms with van der Waals surface area (Å²) in [7, 11) is 0. The van der Waals surface area contributed by atoms with Crippen LogP contribution in [-0.4, -0.2) is 20.2 Å². The summed E-state index contributed by atoms with van der Waals surface area (Å²) in [6.07, 6.45) is 0.597. The van der Waals surface area contributed by atoms with Crippen LogP contribution in [0.1, 0.15) is 29.6 Å². The minimum absolute atomic E-state index is 0.0267. The van der Waals surface area contributed by atoms with Gasteiger partial charge in [0, 0.05) is 14.2 Å². The number of nitrogens with one attached hydrogen (secondary N) is 1. The number of tetrazole rings is 1. The maximum Gasteiger partial charge on any atom is 0.243 e. The number of rotatable bonds is 2. The maximum absolute atomic E-state index is 14.4. The highest BCUT2D eigenvalue weighted by Gasteiger charge is 2.33. The first-order valence-electron chi connectivity index (χ1n) is 7.37. The third-order valence-electron chi connectivity index (χ3n) is 4.16. The van der Waals surface area contributed by atoms with Crippen molar-refractivity contribution in [1.29, 1.82) is 0 Å². The molecule has 5 nitrogen and oxygen atoms in total. The Balaban J connectivity index is 1.78. The number of halogens is 3. The molecule has 1 aliphatic heterocycles. The third-order valence-corrected chi connectivity index (χ3v) is 5.20. The minimum atomic E-state index is -0.366. The standard InChI is InChI=1S/C16H12ClFIN5/c17-11-2-1-3-12(18)15(11)14-8-13(9-4-6-10(19)7-5-9)20-16-21-22-23-24(14)16/h1-7,13-14H,8H2,(H,20,21,23). The van der Waals surface area contributed by atoms with Crippen LogP contribution in [0, 0.1) is 9.39 Å². The Morgan fingerprint density at radius 3 is 2.75 bits per heavy atom. The lowest BCUT2D eigenvalue weighted by atomic mass is 9.93. The largest absolute Gasteiger partial charge is 0.346 e. The van der Waals surface area contributed by atoms with E-state index in [0.29, 0.717) is 23.0 Å². The molecular formula is C16H12ClFIN5. The van der Waals surface area contributed by atoms with Gasteiger partial charge >= 0.3 is 0 Å². The molecule has 0 saturated carbocycles. The van der Waals surface area contributed by atoms with Gasteiger partial charge in [-0.2, -0.15) is 0 Å². The molecule has 1 aromatic heterocycles. The van der Waals surface area contributed by atoms with Crippen LogP contribution in [0.3, 0.4) is 0 Å². The number of fused-ring (bicyclic) bond motifs is 1. The van der Waals surface area contributed by atoms with E-state index in [1.807, 2.05) is 12.1 Å². The first-order valence-corrected chi connectivity index (χ1v) is 8.83. The lowest BCUT2D eigenvalue weighted by Gasteiger charge is -2.31. The van der Waals surface area contributed by atoms with Crippen LogP contribution in [0.15, 0.2) is 42.5 Å². The number of hydrogen-bond acceptors (Lipinski definition) is 4. The molecule has 0 saturated heterocycles. The van der Waals surface area contributed by atoms with Gasteiger partial charge in [-0.15, -0.1) is 0 Å². The molecule has 4 rings (SSSR count). The SMILES string of the molecule is Fc1cccc(Cl)c1C1CC(c2ccc(I)cc2)Nc2nnnn21. The van der Waals surface area contributed by atoms with Crippen LogP contribution in [-0.2, 0) is 0 Å². The smallest absolute Gasteiger partial charge is 0.243 e. The molecule has 0 aliphatic carbocycles. The zero-order valence-corrected chi connectivity index (χ0v) is 15.2. The maximum atomic E-state index is 14.4. The van der Waals surface area contributed by atoms with Gasteiger partial charge in [0.05, 0.1) is 12.1 Å². The lowest BCUT2D eigenvalue weighted by molar-refractivity contribution is 0.409. The predicted molar refractivity (Wildman–Crippen MR) is 97.5 cm³/mol. The summed E-state index contributed by atoms with van der Waals surface area (Å²) in [5.74, 6) is 0.159. The summed E-state index contributed by atoms with van der Waals surface area (Å²) < 4.78 is 17.2. The number of aromatic nitrogens is 4. The molecular weight excluding hydrogens is 444 g/mol. The Morgan fingerprint density at radius 1 is 1.21 bits per heavy atom. The van der Waals surface area contributed by atoms with Crippen molar-refractivity contribution in [1.82, 2.24) is 20.2 Å². The van der Waals surface area contributed by atoms with Gasteiger partial charge in [-0.05, 0) is 69.3 Å². The van der Waals surface area contributed by atoms with E-state index in [9.17, 15) is 4.39 Å². The van der Waals surface area contributed by atoms with Crippen molar-refractivity contribution in [3.63, 3.8) is 0 Å². The van der Waals surface area contributed by atoms with E-state index in [-0.39, 0.29) is 17.9 Å². The molecule has 0 fully saturated rings. The molecule has 1 N–H and O–H groups in total. The average molecular weight is 456 g/mol. The van der Waals surface area contributed by atoms with Crippen LogP contribution in [0.5, 0.6) is 0 Å². The predicted octanol–water partition coefficient (Wildman–Crippen LogP) is 4.22. The van der Waals surface area contributed by atoms with E-state index in [0.717, 1.165) is 9.13 Å². The summed E-state index contributed by atoms with van der Waals surface area (Å²) in [6, 6.07) is 12.5. The van der Waals surface area contributed by atoms with Gasteiger partial charge in [0.1, 0.15) is 5.82 Å². The quantitative estimate of drug-likeness (QED) is 0.588. The van der Waals surface area contributed by atoms with Crippen molar-refractivity contribution in [2.75, 3.05) is 5.32 Å². The summed E-state index contributed by atoms with van der Waals surface area (Å²) in [4.78, 5) is 0. The summed E-state index contributed by atoms with van der Waals surface area (Å²) in [5, 5.41) is 15.4.